The molecule has 0 spiro atoms. The lowest BCUT2D eigenvalue weighted by Gasteiger charge is -2.20. The van der Waals surface area contributed by atoms with Gasteiger partial charge in [-0.05, 0) is 54.0 Å². The van der Waals surface area contributed by atoms with Gasteiger partial charge in [0.15, 0.2) is 11.5 Å². The standard InChI is InChI=1S/C14H17N3O2.C3H9N/c1-14(2,3)19-13(18)11-12(15)16-9-17(11)10-7-5-4-6-8-10;1-4(2)3/h4-9H,15H2,1-3H3;1-3H3. The molecule has 23 heavy (non-hydrogen) atoms. The van der Waals surface area contributed by atoms with Gasteiger partial charge in [0.05, 0.1) is 0 Å². The second kappa shape index (κ2) is 7.78. The molecule has 6 heteroatoms. The smallest absolute Gasteiger partial charge is 0.359 e. The van der Waals surface area contributed by atoms with Gasteiger partial charge in [-0.1, -0.05) is 18.2 Å². The lowest BCUT2D eigenvalue weighted by molar-refractivity contribution is 0.00619. The number of ether oxygens (including phenoxy) is 1. The molecule has 6 nitrogen and oxygen atoms in total. The predicted octanol–water partition coefficient (Wildman–Crippen LogP) is 2.59. The number of aromatic nitrogens is 2. The molecule has 1 aromatic heterocycles. The van der Waals surface area contributed by atoms with E-state index in [0.717, 1.165) is 5.69 Å². The third-order valence-corrected chi connectivity index (χ3v) is 2.42. The van der Waals surface area contributed by atoms with Crippen LogP contribution in [0.2, 0.25) is 0 Å². The van der Waals surface area contributed by atoms with Gasteiger partial charge in [0.2, 0.25) is 0 Å². The molecule has 0 fully saturated rings. The average molecular weight is 318 g/mol. The zero-order valence-corrected chi connectivity index (χ0v) is 14.7. The molecule has 0 atom stereocenters. The van der Waals surface area contributed by atoms with Gasteiger partial charge >= 0.3 is 5.97 Å². The Morgan fingerprint density at radius 3 is 2.17 bits per heavy atom. The number of benzene rings is 1. The normalized spacial score (nSPS) is 10.9. The Labute approximate surface area is 137 Å². The van der Waals surface area contributed by atoms with E-state index in [1.807, 2.05) is 77.1 Å². The van der Waals surface area contributed by atoms with Gasteiger partial charge in [-0.15, -0.1) is 0 Å². The number of nitrogens with zero attached hydrogens (tertiary/aromatic N) is 3. The van der Waals surface area contributed by atoms with E-state index >= 15 is 0 Å². The van der Waals surface area contributed by atoms with Crippen molar-refractivity contribution in [3.8, 4) is 5.69 Å². The first-order valence-electron chi connectivity index (χ1n) is 7.34. The zero-order valence-electron chi connectivity index (χ0n) is 14.7. The SMILES string of the molecule is CC(C)(C)OC(=O)c1c(N)ncn1-c1ccccc1.CN(C)C. The molecule has 0 saturated carbocycles. The van der Waals surface area contributed by atoms with E-state index in [-0.39, 0.29) is 11.5 Å². The number of nitrogen functional groups attached to an aromatic ring is 1. The molecule has 126 valence electrons. The number of carbonyl (C=O) groups excluding carboxylic acids is 1. The van der Waals surface area contributed by atoms with Gasteiger partial charge in [-0.25, -0.2) is 9.78 Å². The van der Waals surface area contributed by atoms with Crippen molar-refractivity contribution >= 4 is 11.8 Å². The Balaban J connectivity index is 0.000000593. The van der Waals surface area contributed by atoms with Gasteiger partial charge < -0.3 is 15.4 Å². The third kappa shape index (κ3) is 6.12. The molecule has 0 aliphatic carbocycles. The van der Waals surface area contributed by atoms with E-state index in [4.69, 9.17) is 10.5 Å². The minimum atomic E-state index is -0.574. The average Bonchev–Trinajstić information content (AvgIpc) is 2.79. The largest absolute Gasteiger partial charge is 0.455 e. The summed E-state index contributed by atoms with van der Waals surface area (Å²) in [4.78, 5) is 18.2. The number of hydrogen-bond donors (Lipinski definition) is 1. The fourth-order valence-corrected chi connectivity index (χ4v) is 1.68. The molecule has 0 aliphatic rings. The van der Waals surface area contributed by atoms with Crippen LogP contribution in [0.4, 0.5) is 5.82 Å². The third-order valence-electron chi connectivity index (χ3n) is 2.42. The number of rotatable bonds is 2. The van der Waals surface area contributed by atoms with Crippen molar-refractivity contribution < 1.29 is 9.53 Å². The molecule has 1 heterocycles. The summed E-state index contributed by atoms with van der Waals surface area (Å²) in [6.45, 7) is 5.43. The van der Waals surface area contributed by atoms with Crippen molar-refractivity contribution in [3.05, 3.63) is 42.4 Å². The van der Waals surface area contributed by atoms with E-state index in [0.29, 0.717) is 0 Å². The number of hydrogen-bond acceptors (Lipinski definition) is 5. The lowest BCUT2D eigenvalue weighted by atomic mass is 10.2. The summed E-state index contributed by atoms with van der Waals surface area (Å²) in [6.07, 6.45) is 1.52. The molecule has 0 saturated heterocycles. The number of imidazole rings is 1. The summed E-state index contributed by atoms with van der Waals surface area (Å²) < 4.78 is 6.97. The first kappa shape index (κ1) is 18.7. The summed E-state index contributed by atoms with van der Waals surface area (Å²) in [5, 5.41) is 0. The van der Waals surface area contributed by atoms with Crippen molar-refractivity contribution in [1.29, 1.82) is 0 Å². The van der Waals surface area contributed by atoms with Crippen LogP contribution in [0.15, 0.2) is 36.7 Å². The predicted molar refractivity (Wildman–Crippen MR) is 92.8 cm³/mol. The van der Waals surface area contributed by atoms with E-state index in [1.54, 1.807) is 4.57 Å². The molecule has 2 rings (SSSR count). The van der Waals surface area contributed by atoms with Crippen LogP contribution in [0, 0.1) is 0 Å². The molecule has 0 bridgehead atoms. The highest BCUT2D eigenvalue weighted by Crippen LogP contribution is 2.20. The number of nitrogens with two attached hydrogens (primary N) is 1. The highest BCUT2D eigenvalue weighted by atomic mass is 16.6. The summed E-state index contributed by atoms with van der Waals surface area (Å²) in [5.41, 5.74) is 6.26. The Bertz CT molecular complexity index is 625. The van der Waals surface area contributed by atoms with Gasteiger partial charge in [-0.2, -0.15) is 0 Å². The number of para-hydroxylation sites is 1. The lowest BCUT2D eigenvalue weighted by Crippen LogP contribution is -2.25. The molecular formula is C17H26N4O2. The minimum Gasteiger partial charge on any atom is -0.455 e. The second-order valence-corrected chi connectivity index (χ2v) is 6.53. The fourth-order valence-electron chi connectivity index (χ4n) is 1.68. The molecule has 0 aliphatic heterocycles. The van der Waals surface area contributed by atoms with Crippen LogP contribution >= 0.6 is 0 Å². The molecule has 0 amide bonds. The van der Waals surface area contributed by atoms with E-state index < -0.39 is 11.6 Å². The monoisotopic (exact) mass is 318 g/mol. The number of esters is 1. The van der Waals surface area contributed by atoms with Crippen LogP contribution in [-0.2, 0) is 4.74 Å². The first-order chi connectivity index (χ1) is 10.6. The maximum absolute atomic E-state index is 12.2. The number of anilines is 1. The molecule has 0 radical (unpaired) electrons. The Morgan fingerprint density at radius 2 is 1.70 bits per heavy atom. The van der Waals surface area contributed by atoms with Crippen LogP contribution in [0.3, 0.4) is 0 Å². The van der Waals surface area contributed by atoms with Crippen molar-refractivity contribution in [2.24, 2.45) is 0 Å². The maximum Gasteiger partial charge on any atom is 0.359 e. The Kier molecular flexibility index (Phi) is 6.33. The summed E-state index contributed by atoms with van der Waals surface area (Å²) in [7, 11) is 6.00. The minimum absolute atomic E-state index is 0.165. The Morgan fingerprint density at radius 1 is 1.17 bits per heavy atom. The fraction of sp³-hybridized carbons (Fsp3) is 0.412. The molecule has 0 unspecified atom stereocenters. The van der Waals surface area contributed by atoms with Crippen molar-refractivity contribution in [2.75, 3.05) is 26.9 Å². The van der Waals surface area contributed by atoms with Crippen molar-refractivity contribution in [3.63, 3.8) is 0 Å². The van der Waals surface area contributed by atoms with Gasteiger partial charge in [-0.3, -0.25) is 4.57 Å². The second-order valence-electron chi connectivity index (χ2n) is 6.53. The van der Waals surface area contributed by atoms with Crippen molar-refractivity contribution in [2.45, 2.75) is 26.4 Å². The van der Waals surface area contributed by atoms with Crippen LogP contribution < -0.4 is 5.73 Å². The van der Waals surface area contributed by atoms with Crippen LogP contribution in [0.1, 0.15) is 31.3 Å². The van der Waals surface area contributed by atoms with Gasteiger partial charge in [0.1, 0.15) is 11.9 Å². The van der Waals surface area contributed by atoms with Gasteiger partial charge in [0, 0.05) is 5.69 Å². The molecule has 1 aromatic carbocycles. The quantitative estimate of drug-likeness (QED) is 0.862. The van der Waals surface area contributed by atoms with E-state index in [1.165, 1.54) is 6.33 Å². The molecule has 2 N–H and O–H groups in total. The highest BCUT2D eigenvalue weighted by Gasteiger charge is 2.24. The maximum atomic E-state index is 12.2. The Hall–Kier alpha value is -2.34. The van der Waals surface area contributed by atoms with E-state index in [2.05, 4.69) is 4.98 Å². The van der Waals surface area contributed by atoms with Crippen LogP contribution in [0.25, 0.3) is 5.69 Å². The van der Waals surface area contributed by atoms with Crippen LogP contribution in [0.5, 0.6) is 0 Å². The highest BCUT2D eigenvalue weighted by molar-refractivity contribution is 5.93. The van der Waals surface area contributed by atoms with E-state index in [9.17, 15) is 4.79 Å². The summed E-state index contributed by atoms with van der Waals surface area (Å²) in [6, 6.07) is 9.40. The zero-order chi connectivity index (χ0) is 17.6. The van der Waals surface area contributed by atoms with Crippen molar-refractivity contribution in [1.82, 2.24) is 14.5 Å². The topological polar surface area (TPSA) is 73.4 Å². The van der Waals surface area contributed by atoms with Crippen LogP contribution in [-0.4, -0.2) is 47.2 Å². The summed E-state index contributed by atoms with van der Waals surface area (Å²) >= 11 is 0. The number of carbonyl (C=O) groups is 1. The van der Waals surface area contributed by atoms with Gasteiger partial charge in [0.25, 0.3) is 0 Å². The first-order valence-corrected chi connectivity index (χ1v) is 7.34. The molecular weight excluding hydrogens is 292 g/mol. The summed E-state index contributed by atoms with van der Waals surface area (Å²) in [5.74, 6) is -0.315. The molecule has 2 aromatic rings.